The molecule has 0 saturated carbocycles. The predicted octanol–water partition coefficient (Wildman–Crippen LogP) is 11.9. The zero-order valence-corrected chi connectivity index (χ0v) is 27.3. The highest BCUT2D eigenvalue weighted by molar-refractivity contribution is 6.12. The third-order valence-corrected chi connectivity index (χ3v) is 9.80. The molecule has 49 heavy (non-hydrogen) atoms. The normalized spacial score (nSPS) is 15.9. The molecule has 0 amide bonds. The fourth-order valence-corrected chi connectivity index (χ4v) is 7.33. The van der Waals surface area contributed by atoms with Crippen molar-refractivity contribution in [2.75, 3.05) is 5.32 Å². The van der Waals surface area contributed by atoms with Crippen molar-refractivity contribution in [2.45, 2.75) is 18.9 Å². The molecule has 2 heterocycles. The number of rotatable bonds is 6. The van der Waals surface area contributed by atoms with Crippen LogP contribution in [0.15, 0.2) is 176 Å². The Morgan fingerprint density at radius 3 is 1.94 bits per heavy atom. The van der Waals surface area contributed by atoms with E-state index in [9.17, 15) is 0 Å². The van der Waals surface area contributed by atoms with Gasteiger partial charge in [-0.15, -0.1) is 0 Å². The Kier molecular flexibility index (Phi) is 6.98. The first-order chi connectivity index (χ1) is 24.1. The van der Waals surface area contributed by atoms with Crippen LogP contribution in [0.4, 0.5) is 5.69 Å². The number of anilines is 1. The number of nitrogens with zero attached hydrogens (tertiary/aromatic N) is 2. The smallest absolute Gasteiger partial charge is 0.0715 e. The van der Waals surface area contributed by atoms with Crippen molar-refractivity contribution in [3.8, 4) is 27.9 Å². The number of para-hydroxylation sites is 3. The highest BCUT2D eigenvalue weighted by Crippen LogP contribution is 2.41. The summed E-state index contributed by atoms with van der Waals surface area (Å²) in [5, 5.41) is 7.67. The van der Waals surface area contributed by atoms with Crippen LogP contribution < -0.4 is 5.32 Å². The Labute approximate surface area is 286 Å². The molecule has 8 aromatic rings. The number of benzene rings is 6. The maximum absolute atomic E-state index is 5.12. The van der Waals surface area contributed by atoms with Crippen LogP contribution in [0.2, 0.25) is 0 Å². The molecular formula is C46H35N3. The highest BCUT2D eigenvalue weighted by atomic mass is 15.0. The monoisotopic (exact) mass is 629 g/mol. The van der Waals surface area contributed by atoms with Crippen LogP contribution in [0.25, 0.3) is 66.2 Å². The summed E-state index contributed by atoms with van der Waals surface area (Å²) in [6.07, 6.45) is 7.71. The molecule has 1 N–H and O–H groups in total. The van der Waals surface area contributed by atoms with Gasteiger partial charge < -0.3 is 9.88 Å². The van der Waals surface area contributed by atoms with E-state index in [1.165, 1.54) is 49.4 Å². The maximum atomic E-state index is 5.12. The third-order valence-electron chi connectivity index (χ3n) is 9.80. The lowest BCUT2D eigenvalue weighted by molar-refractivity contribution is 0.643. The fraction of sp³-hybridized carbons (Fsp3) is 0.0652. The van der Waals surface area contributed by atoms with Crippen LogP contribution in [0, 0.1) is 0 Å². The lowest BCUT2D eigenvalue weighted by atomic mass is 9.87. The second-order valence-corrected chi connectivity index (χ2v) is 13.1. The molecule has 1 aliphatic carbocycles. The first-order valence-corrected chi connectivity index (χ1v) is 16.9. The number of hydrogen-bond donors (Lipinski definition) is 1. The molecule has 9 rings (SSSR count). The van der Waals surface area contributed by atoms with Crippen LogP contribution in [-0.4, -0.2) is 15.1 Å². The number of nitrogens with one attached hydrogen (secondary N) is 1. The van der Waals surface area contributed by atoms with E-state index in [0.29, 0.717) is 0 Å². The van der Waals surface area contributed by atoms with Crippen molar-refractivity contribution >= 4 is 44.0 Å². The molecule has 1 atom stereocenters. The van der Waals surface area contributed by atoms with Crippen molar-refractivity contribution < 1.29 is 0 Å². The van der Waals surface area contributed by atoms with Gasteiger partial charge in [0.2, 0.25) is 0 Å². The van der Waals surface area contributed by atoms with Gasteiger partial charge in [-0.1, -0.05) is 133 Å². The summed E-state index contributed by atoms with van der Waals surface area (Å²) >= 11 is 0. The minimum absolute atomic E-state index is 0.302. The van der Waals surface area contributed by atoms with E-state index >= 15 is 0 Å². The Morgan fingerprint density at radius 2 is 1.22 bits per heavy atom. The molecule has 0 saturated heterocycles. The summed E-state index contributed by atoms with van der Waals surface area (Å²) in [4.78, 5) is 5.12. The summed E-state index contributed by atoms with van der Waals surface area (Å²) in [5.74, 6) is 0. The van der Waals surface area contributed by atoms with Gasteiger partial charge in [-0.2, -0.15) is 0 Å². The Morgan fingerprint density at radius 1 is 0.592 bits per heavy atom. The maximum Gasteiger partial charge on any atom is 0.0715 e. The second-order valence-electron chi connectivity index (χ2n) is 13.1. The number of pyridine rings is 1. The lowest BCUT2D eigenvalue weighted by Crippen LogP contribution is -2.33. The van der Waals surface area contributed by atoms with E-state index in [-0.39, 0.29) is 5.54 Å². The molecule has 1 unspecified atom stereocenters. The fourth-order valence-electron chi connectivity index (χ4n) is 7.33. The van der Waals surface area contributed by atoms with E-state index < -0.39 is 0 Å². The summed E-state index contributed by atoms with van der Waals surface area (Å²) < 4.78 is 2.39. The molecule has 0 bridgehead atoms. The van der Waals surface area contributed by atoms with Crippen molar-refractivity contribution in [1.29, 1.82) is 0 Å². The number of fused-ring (bicyclic) bond motifs is 4. The van der Waals surface area contributed by atoms with E-state index in [1.54, 1.807) is 0 Å². The molecule has 0 aliphatic heterocycles. The minimum Gasteiger partial charge on any atom is -0.376 e. The van der Waals surface area contributed by atoms with Gasteiger partial charge in [0.15, 0.2) is 0 Å². The van der Waals surface area contributed by atoms with Gasteiger partial charge >= 0.3 is 0 Å². The zero-order valence-electron chi connectivity index (χ0n) is 27.3. The first kappa shape index (κ1) is 29.0. The molecule has 3 nitrogen and oxygen atoms in total. The lowest BCUT2D eigenvalue weighted by Gasteiger charge is -2.32. The van der Waals surface area contributed by atoms with Crippen molar-refractivity contribution in [2.24, 2.45) is 0 Å². The van der Waals surface area contributed by atoms with Crippen molar-refractivity contribution in [3.05, 3.63) is 182 Å². The Bertz CT molecular complexity index is 2540. The number of aromatic nitrogens is 2. The highest BCUT2D eigenvalue weighted by Gasteiger charge is 2.26. The second kappa shape index (κ2) is 11.8. The largest absolute Gasteiger partial charge is 0.376 e. The molecule has 6 aromatic carbocycles. The first-order valence-electron chi connectivity index (χ1n) is 16.9. The van der Waals surface area contributed by atoms with E-state index in [1.807, 2.05) is 0 Å². The molecule has 0 fully saturated rings. The Hall–Kier alpha value is -6.19. The predicted molar refractivity (Wildman–Crippen MR) is 207 cm³/mol. The van der Waals surface area contributed by atoms with Gasteiger partial charge in [-0.25, -0.2) is 4.98 Å². The zero-order chi connectivity index (χ0) is 32.8. The average molecular weight is 630 g/mol. The minimum atomic E-state index is -0.302. The molecule has 1 aliphatic rings. The number of allylic oxidation sites excluding steroid dienone is 2. The van der Waals surface area contributed by atoms with Crippen LogP contribution in [0.1, 0.15) is 19.0 Å². The van der Waals surface area contributed by atoms with Crippen LogP contribution in [-0.2, 0) is 0 Å². The standard InChI is InChI=1S/C46H35N3/c1-46(27-25-34(26-28-46)42-30-38(32-15-5-2-6-16-32)36-21-11-13-23-41(36)47-42)48-43-31-45-40(29-39(43)33-17-7-3-8-18-33)37-22-12-14-24-44(37)49(45)35-19-9-4-10-20-35/h2-27,29-31,48H,28H2,1H3. The molecular weight excluding hydrogens is 595 g/mol. The van der Waals surface area contributed by atoms with Gasteiger partial charge in [0.25, 0.3) is 0 Å². The van der Waals surface area contributed by atoms with Gasteiger partial charge in [0, 0.05) is 33.1 Å². The van der Waals surface area contributed by atoms with Crippen LogP contribution in [0.5, 0.6) is 0 Å². The molecule has 234 valence electrons. The Balaban J connectivity index is 1.13. The van der Waals surface area contributed by atoms with Crippen molar-refractivity contribution in [3.63, 3.8) is 0 Å². The summed E-state index contributed by atoms with van der Waals surface area (Å²) in [5.41, 5.74) is 12.3. The number of hydrogen-bond acceptors (Lipinski definition) is 2. The van der Waals surface area contributed by atoms with Crippen LogP contribution >= 0.6 is 0 Å². The van der Waals surface area contributed by atoms with E-state index in [0.717, 1.165) is 34.6 Å². The third kappa shape index (κ3) is 5.21. The molecule has 2 aromatic heterocycles. The summed E-state index contributed by atoms with van der Waals surface area (Å²) in [6, 6.07) is 56.1. The van der Waals surface area contributed by atoms with Crippen molar-refractivity contribution in [1.82, 2.24) is 9.55 Å². The molecule has 0 spiro atoms. The topological polar surface area (TPSA) is 29.9 Å². The van der Waals surface area contributed by atoms with E-state index in [4.69, 9.17) is 4.98 Å². The van der Waals surface area contributed by atoms with Gasteiger partial charge in [0.1, 0.15) is 0 Å². The van der Waals surface area contributed by atoms with Crippen LogP contribution in [0.3, 0.4) is 0 Å². The van der Waals surface area contributed by atoms with Gasteiger partial charge in [0.05, 0.1) is 27.8 Å². The van der Waals surface area contributed by atoms with Gasteiger partial charge in [-0.3, -0.25) is 0 Å². The molecule has 0 radical (unpaired) electrons. The average Bonchev–Trinajstić information content (AvgIpc) is 3.48. The summed E-state index contributed by atoms with van der Waals surface area (Å²) in [7, 11) is 0. The van der Waals surface area contributed by atoms with E-state index in [2.05, 4.69) is 193 Å². The molecule has 3 heteroatoms. The SMILES string of the molecule is CC1(Nc2cc3c(cc2-c2ccccc2)c2ccccc2n3-c2ccccc2)C=CC(c2cc(-c3ccccc3)c3ccccc3n2)=CC1. The van der Waals surface area contributed by atoms with Gasteiger partial charge in [-0.05, 0) is 78.1 Å². The summed E-state index contributed by atoms with van der Waals surface area (Å²) in [6.45, 7) is 2.28. The quantitative estimate of drug-likeness (QED) is 0.198.